The van der Waals surface area contributed by atoms with Crippen molar-refractivity contribution >= 4 is 16.9 Å². The van der Waals surface area contributed by atoms with Crippen LogP contribution in [-0.2, 0) is 22.7 Å². The van der Waals surface area contributed by atoms with Gasteiger partial charge in [0.15, 0.2) is 5.82 Å². The molecule has 0 aliphatic rings. The topological polar surface area (TPSA) is 94.2 Å². The number of rotatable bonds is 7. The van der Waals surface area contributed by atoms with E-state index in [1.165, 1.54) is 4.57 Å². The van der Waals surface area contributed by atoms with Crippen LogP contribution in [-0.4, -0.2) is 22.1 Å². The second-order valence-electron chi connectivity index (χ2n) is 5.67. The average molecular weight is 363 g/mol. The minimum absolute atomic E-state index is 0.0605. The van der Waals surface area contributed by atoms with Crippen LogP contribution in [0.1, 0.15) is 12.2 Å². The van der Waals surface area contributed by atoms with Crippen LogP contribution in [0.3, 0.4) is 0 Å². The normalized spacial score (nSPS) is 10.3. The van der Waals surface area contributed by atoms with Gasteiger partial charge in [-0.2, -0.15) is 5.26 Å². The molecule has 7 nitrogen and oxygen atoms in total. The number of ether oxygens (including phenoxy) is 2. The number of hydrogen-bond donors (Lipinski definition) is 0. The van der Waals surface area contributed by atoms with E-state index in [1.807, 2.05) is 24.3 Å². The van der Waals surface area contributed by atoms with Crippen molar-refractivity contribution in [2.75, 3.05) is 6.61 Å². The average Bonchev–Trinajstić information content (AvgIpc) is 2.70. The van der Waals surface area contributed by atoms with E-state index in [0.717, 1.165) is 0 Å². The minimum atomic E-state index is -0.475. The summed E-state index contributed by atoms with van der Waals surface area (Å²) < 4.78 is 11.9. The number of esters is 1. The van der Waals surface area contributed by atoms with E-state index >= 15 is 0 Å². The summed E-state index contributed by atoms with van der Waals surface area (Å²) in [5.74, 6) is 0.429. The molecule has 0 atom stereocenters. The van der Waals surface area contributed by atoms with Gasteiger partial charge in [-0.15, -0.1) is 0 Å². The Balaban J connectivity index is 1.65. The molecular weight excluding hydrogens is 346 g/mol. The fraction of sp³-hybridized carbons (Fsp3) is 0.200. The lowest BCUT2D eigenvalue weighted by Gasteiger charge is -2.11. The van der Waals surface area contributed by atoms with Crippen LogP contribution in [0, 0.1) is 11.3 Å². The van der Waals surface area contributed by atoms with Crippen molar-refractivity contribution < 1.29 is 14.3 Å². The molecule has 0 fully saturated rings. The number of para-hydroxylation sites is 2. The van der Waals surface area contributed by atoms with Crippen molar-refractivity contribution in [1.82, 2.24) is 9.55 Å². The van der Waals surface area contributed by atoms with Crippen LogP contribution in [0.4, 0.5) is 0 Å². The van der Waals surface area contributed by atoms with Gasteiger partial charge in [-0.05, 0) is 24.3 Å². The summed E-state index contributed by atoms with van der Waals surface area (Å²) in [5, 5.41) is 9.40. The Bertz CT molecular complexity index is 1040. The van der Waals surface area contributed by atoms with Crippen molar-refractivity contribution in [3.05, 3.63) is 70.8 Å². The summed E-state index contributed by atoms with van der Waals surface area (Å²) in [7, 11) is 0. The number of aromatic nitrogens is 2. The molecule has 0 aliphatic carbocycles. The second-order valence-corrected chi connectivity index (χ2v) is 5.67. The van der Waals surface area contributed by atoms with Gasteiger partial charge < -0.3 is 9.47 Å². The van der Waals surface area contributed by atoms with Crippen molar-refractivity contribution in [1.29, 1.82) is 5.26 Å². The molecule has 0 spiro atoms. The largest absolute Gasteiger partial charge is 0.493 e. The predicted octanol–water partition coefficient (Wildman–Crippen LogP) is 2.43. The van der Waals surface area contributed by atoms with Crippen molar-refractivity contribution in [3.63, 3.8) is 0 Å². The summed E-state index contributed by atoms with van der Waals surface area (Å²) in [6.45, 7) is -0.175. The molecule has 0 saturated heterocycles. The van der Waals surface area contributed by atoms with Gasteiger partial charge in [-0.25, -0.2) is 4.98 Å². The molecule has 2 aromatic carbocycles. The standard InChI is InChI=1S/C20H17N3O4/c21-11-12-23-18(22-17-9-5-4-8-16(17)20(23)25)14-27-19(24)10-13-26-15-6-2-1-3-7-15/h1-9H,10,12-14H2. The zero-order valence-electron chi connectivity index (χ0n) is 14.5. The van der Waals surface area contributed by atoms with Crippen LogP contribution in [0.25, 0.3) is 10.9 Å². The summed E-state index contributed by atoms with van der Waals surface area (Å²) in [4.78, 5) is 28.8. The molecule has 0 aliphatic heterocycles. The predicted molar refractivity (Wildman–Crippen MR) is 98.0 cm³/mol. The first-order valence-electron chi connectivity index (χ1n) is 8.38. The van der Waals surface area contributed by atoms with E-state index in [1.54, 1.807) is 36.4 Å². The third-order valence-corrected chi connectivity index (χ3v) is 3.85. The Morgan fingerprint density at radius 3 is 2.63 bits per heavy atom. The first-order valence-corrected chi connectivity index (χ1v) is 8.38. The number of carbonyl (C=O) groups excluding carboxylic acids is 1. The van der Waals surface area contributed by atoms with Gasteiger partial charge in [0.05, 0.1) is 30.0 Å². The lowest BCUT2D eigenvalue weighted by atomic mass is 10.2. The molecule has 3 rings (SSSR count). The number of carbonyl (C=O) groups is 1. The number of nitriles is 1. The fourth-order valence-electron chi connectivity index (χ4n) is 2.54. The Morgan fingerprint density at radius 1 is 1.11 bits per heavy atom. The van der Waals surface area contributed by atoms with E-state index in [-0.39, 0.29) is 37.6 Å². The monoisotopic (exact) mass is 363 g/mol. The maximum absolute atomic E-state index is 12.5. The summed E-state index contributed by atoms with van der Waals surface area (Å²) in [6, 6.07) is 17.9. The van der Waals surface area contributed by atoms with E-state index in [0.29, 0.717) is 16.7 Å². The van der Waals surface area contributed by atoms with Gasteiger partial charge in [-0.1, -0.05) is 30.3 Å². The Hall–Kier alpha value is -3.66. The third-order valence-electron chi connectivity index (χ3n) is 3.85. The summed E-state index contributed by atoms with van der Waals surface area (Å²) in [6.07, 6.45) is 0.0605. The maximum Gasteiger partial charge on any atom is 0.309 e. The zero-order chi connectivity index (χ0) is 19.1. The van der Waals surface area contributed by atoms with Crippen molar-refractivity contribution in [2.45, 2.75) is 19.6 Å². The highest BCUT2D eigenvalue weighted by molar-refractivity contribution is 5.77. The molecule has 1 aromatic heterocycles. The molecule has 3 aromatic rings. The van der Waals surface area contributed by atoms with Gasteiger partial charge >= 0.3 is 5.97 Å². The second kappa shape index (κ2) is 8.63. The van der Waals surface area contributed by atoms with Crippen LogP contribution >= 0.6 is 0 Å². The van der Waals surface area contributed by atoms with Gasteiger partial charge in [0.2, 0.25) is 0 Å². The van der Waals surface area contributed by atoms with E-state index in [4.69, 9.17) is 14.7 Å². The van der Waals surface area contributed by atoms with Crippen molar-refractivity contribution in [3.8, 4) is 11.8 Å². The van der Waals surface area contributed by atoms with E-state index in [2.05, 4.69) is 4.98 Å². The first kappa shape index (κ1) is 18.1. The molecule has 0 saturated carbocycles. The van der Waals surface area contributed by atoms with Gasteiger partial charge in [0.25, 0.3) is 5.56 Å². The molecule has 0 N–H and O–H groups in total. The highest BCUT2D eigenvalue weighted by Gasteiger charge is 2.13. The van der Waals surface area contributed by atoms with Crippen molar-refractivity contribution in [2.24, 2.45) is 0 Å². The molecule has 1 heterocycles. The van der Waals surface area contributed by atoms with Crippen LogP contribution in [0.15, 0.2) is 59.4 Å². The lowest BCUT2D eigenvalue weighted by Crippen LogP contribution is -2.26. The zero-order valence-corrected chi connectivity index (χ0v) is 14.5. The Labute approximate surface area is 155 Å². The Kier molecular flexibility index (Phi) is 5.80. The van der Waals surface area contributed by atoms with E-state index in [9.17, 15) is 9.59 Å². The molecule has 7 heteroatoms. The highest BCUT2D eigenvalue weighted by atomic mass is 16.5. The quantitative estimate of drug-likeness (QED) is 0.599. The molecule has 136 valence electrons. The first-order chi connectivity index (χ1) is 13.2. The van der Waals surface area contributed by atoms with Crippen LogP contribution in [0.2, 0.25) is 0 Å². The minimum Gasteiger partial charge on any atom is -0.493 e. The smallest absolute Gasteiger partial charge is 0.309 e. The third kappa shape index (κ3) is 4.50. The van der Waals surface area contributed by atoms with Gasteiger partial charge in [-0.3, -0.25) is 14.2 Å². The maximum atomic E-state index is 12.5. The SMILES string of the molecule is N#CCn1c(COC(=O)CCOc2ccccc2)nc2ccccc2c1=O. The number of benzene rings is 2. The molecular formula is C20H17N3O4. The molecule has 0 radical (unpaired) electrons. The number of fused-ring (bicyclic) bond motifs is 1. The molecule has 0 bridgehead atoms. The molecule has 27 heavy (non-hydrogen) atoms. The molecule has 0 unspecified atom stereocenters. The van der Waals surface area contributed by atoms with Crippen LogP contribution < -0.4 is 10.3 Å². The fourth-order valence-corrected chi connectivity index (χ4v) is 2.54. The summed E-state index contributed by atoms with van der Waals surface area (Å²) in [5.41, 5.74) is 0.163. The molecule has 0 amide bonds. The van der Waals surface area contributed by atoms with Gasteiger partial charge in [0, 0.05) is 0 Å². The summed E-state index contributed by atoms with van der Waals surface area (Å²) >= 11 is 0. The number of hydrogen-bond acceptors (Lipinski definition) is 6. The van der Waals surface area contributed by atoms with Gasteiger partial charge in [0.1, 0.15) is 18.9 Å². The van der Waals surface area contributed by atoms with Crippen LogP contribution in [0.5, 0.6) is 5.75 Å². The lowest BCUT2D eigenvalue weighted by molar-refractivity contribution is -0.145. The number of nitrogens with zero attached hydrogens (tertiary/aromatic N) is 3. The van der Waals surface area contributed by atoms with E-state index < -0.39 is 5.97 Å². The highest BCUT2D eigenvalue weighted by Crippen LogP contribution is 2.10. The Morgan fingerprint density at radius 2 is 1.85 bits per heavy atom.